The van der Waals surface area contributed by atoms with Gasteiger partial charge in [0.15, 0.2) is 6.10 Å². The number of anilines is 1. The summed E-state index contributed by atoms with van der Waals surface area (Å²) < 4.78 is 11.2. The molecule has 2 aromatic carbocycles. The van der Waals surface area contributed by atoms with E-state index < -0.39 is 6.10 Å². The van der Waals surface area contributed by atoms with Crippen LogP contribution in [0, 0.1) is 6.92 Å². The molecule has 27 heavy (non-hydrogen) atoms. The maximum Gasteiger partial charge on any atom is 0.268 e. The van der Waals surface area contributed by atoms with Crippen LogP contribution < -0.4 is 19.7 Å². The standard InChI is InChI=1S/C21H24N2O4/c1-15-7-5-8-17(13-15)26-12-6-11-22-20(24)14-23-18-9-3-4-10-19(18)27-16(2)21(23)25/h3-5,7-10,13,16H,6,11-12,14H2,1-2H3,(H,22,24). The molecule has 1 atom stereocenters. The first kappa shape index (κ1) is 18.8. The number of hydrogen-bond donors (Lipinski definition) is 1. The van der Waals surface area contributed by atoms with Gasteiger partial charge < -0.3 is 14.8 Å². The van der Waals surface area contributed by atoms with Crippen LogP contribution in [0.2, 0.25) is 0 Å². The summed E-state index contributed by atoms with van der Waals surface area (Å²) in [6, 6.07) is 15.1. The van der Waals surface area contributed by atoms with Gasteiger partial charge in [0, 0.05) is 6.54 Å². The second-order valence-electron chi connectivity index (χ2n) is 6.52. The molecule has 0 spiro atoms. The Morgan fingerprint density at radius 1 is 1.22 bits per heavy atom. The first-order chi connectivity index (χ1) is 13.0. The highest BCUT2D eigenvalue weighted by atomic mass is 16.5. The lowest BCUT2D eigenvalue weighted by atomic mass is 10.2. The van der Waals surface area contributed by atoms with E-state index in [1.165, 1.54) is 4.90 Å². The SMILES string of the molecule is Cc1cccc(OCCCNC(=O)CN2C(=O)C(C)Oc3ccccc32)c1. The van der Waals surface area contributed by atoms with Crippen LogP contribution in [0.15, 0.2) is 48.5 Å². The molecule has 2 amide bonds. The fourth-order valence-corrected chi connectivity index (χ4v) is 2.92. The van der Waals surface area contributed by atoms with Gasteiger partial charge in [0.2, 0.25) is 5.91 Å². The molecule has 0 radical (unpaired) electrons. The molecular weight excluding hydrogens is 344 g/mol. The van der Waals surface area contributed by atoms with Gasteiger partial charge in [-0.1, -0.05) is 24.3 Å². The van der Waals surface area contributed by atoms with E-state index in [4.69, 9.17) is 9.47 Å². The van der Waals surface area contributed by atoms with Crippen LogP contribution in [0.4, 0.5) is 5.69 Å². The van der Waals surface area contributed by atoms with Gasteiger partial charge in [0.05, 0.1) is 12.3 Å². The molecule has 142 valence electrons. The third kappa shape index (κ3) is 4.78. The number of amides is 2. The quantitative estimate of drug-likeness (QED) is 0.763. The van der Waals surface area contributed by atoms with Crippen molar-refractivity contribution >= 4 is 17.5 Å². The summed E-state index contributed by atoms with van der Waals surface area (Å²) in [5.41, 5.74) is 1.77. The summed E-state index contributed by atoms with van der Waals surface area (Å²) in [5.74, 6) is 1.02. The highest BCUT2D eigenvalue weighted by Crippen LogP contribution is 2.33. The van der Waals surface area contributed by atoms with Crippen LogP contribution in [-0.2, 0) is 9.59 Å². The number of para-hydroxylation sites is 2. The summed E-state index contributed by atoms with van der Waals surface area (Å²) in [6.07, 6.45) is 0.0828. The second kappa shape index (κ2) is 8.58. The molecule has 6 nitrogen and oxygen atoms in total. The van der Waals surface area contributed by atoms with E-state index in [2.05, 4.69) is 5.32 Å². The van der Waals surface area contributed by atoms with Crippen molar-refractivity contribution in [3.8, 4) is 11.5 Å². The number of carbonyl (C=O) groups excluding carboxylic acids is 2. The maximum atomic E-state index is 12.4. The number of aryl methyl sites for hydroxylation is 1. The zero-order valence-electron chi connectivity index (χ0n) is 15.6. The number of nitrogens with one attached hydrogen (secondary N) is 1. The predicted octanol–water partition coefficient (Wildman–Crippen LogP) is 2.69. The third-order valence-electron chi connectivity index (χ3n) is 4.28. The highest BCUT2D eigenvalue weighted by Gasteiger charge is 2.32. The normalized spacial score (nSPS) is 15.7. The fraction of sp³-hybridized carbons (Fsp3) is 0.333. The Kier molecular flexibility index (Phi) is 5.96. The van der Waals surface area contributed by atoms with Crippen molar-refractivity contribution in [2.45, 2.75) is 26.4 Å². The van der Waals surface area contributed by atoms with E-state index in [1.54, 1.807) is 19.1 Å². The number of rotatable bonds is 7. The van der Waals surface area contributed by atoms with Crippen LogP contribution in [0.25, 0.3) is 0 Å². The molecule has 0 aromatic heterocycles. The lowest BCUT2D eigenvalue weighted by molar-refractivity contribution is -0.128. The van der Waals surface area contributed by atoms with Gasteiger partial charge in [-0.15, -0.1) is 0 Å². The van der Waals surface area contributed by atoms with Crippen molar-refractivity contribution < 1.29 is 19.1 Å². The zero-order chi connectivity index (χ0) is 19.2. The van der Waals surface area contributed by atoms with E-state index >= 15 is 0 Å². The summed E-state index contributed by atoms with van der Waals surface area (Å²) in [7, 11) is 0. The minimum atomic E-state index is -0.601. The smallest absolute Gasteiger partial charge is 0.268 e. The molecular formula is C21H24N2O4. The Balaban J connectivity index is 1.46. The van der Waals surface area contributed by atoms with Crippen molar-refractivity contribution in [1.82, 2.24) is 5.32 Å². The largest absolute Gasteiger partial charge is 0.494 e. The molecule has 1 N–H and O–H groups in total. The Labute approximate surface area is 159 Å². The minimum Gasteiger partial charge on any atom is -0.494 e. The van der Waals surface area contributed by atoms with E-state index in [9.17, 15) is 9.59 Å². The van der Waals surface area contributed by atoms with Gasteiger partial charge in [-0.25, -0.2) is 0 Å². The molecule has 1 aliphatic heterocycles. The summed E-state index contributed by atoms with van der Waals surface area (Å²) in [4.78, 5) is 26.1. The van der Waals surface area contributed by atoms with Gasteiger partial charge in [0.1, 0.15) is 18.0 Å². The van der Waals surface area contributed by atoms with E-state index in [-0.39, 0.29) is 18.4 Å². The number of fused-ring (bicyclic) bond motifs is 1. The molecule has 1 aliphatic rings. The van der Waals surface area contributed by atoms with Crippen molar-refractivity contribution in [3.05, 3.63) is 54.1 Å². The molecule has 3 rings (SSSR count). The lowest BCUT2D eigenvalue weighted by Crippen LogP contribution is -2.48. The van der Waals surface area contributed by atoms with Gasteiger partial charge in [-0.2, -0.15) is 0 Å². The summed E-state index contributed by atoms with van der Waals surface area (Å²) in [6.45, 7) is 4.67. The van der Waals surface area contributed by atoms with Crippen molar-refractivity contribution in [1.29, 1.82) is 0 Å². The maximum absolute atomic E-state index is 12.4. The molecule has 0 bridgehead atoms. The zero-order valence-corrected chi connectivity index (χ0v) is 15.6. The Morgan fingerprint density at radius 3 is 2.85 bits per heavy atom. The topological polar surface area (TPSA) is 67.9 Å². The molecule has 0 aliphatic carbocycles. The van der Waals surface area contributed by atoms with Crippen LogP contribution >= 0.6 is 0 Å². The summed E-state index contributed by atoms with van der Waals surface area (Å²) in [5, 5.41) is 2.84. The van der Waals surface area contributed by atoms with E-state index in [0.29, 0.717) is 31.0 Å². The molecule has 0 fully saturated rings. The number of nitrogens with zero attached hydrogens (tertiary/aromatic N) is 1. The first-order valence-electron chi connectivity index (χ1n) is 9.08. The average molecular weight is 368 g/mol. The van der Waals surface area contributed by atoms with Crippen molar-refractivity contribution in [2.24, 2.45) is 0 Å². The monoisotopic (exact) mass is 368 g/mol. The number of hydrogen-bond acceptors (Lipinski definition) is 4. The summed E-state index contributed by atoms with van der Waals surface area (Å²) >= 11 is 0. The fourth-order valence-electron chi connectivity index (χ4n) is 2.92. The Bertz CT molecular complexity index is 821. The van der Waals surface area contributed by atoms with E-state index in [1.807, 2.05) is 43.3 Å². The molecule has 6 heteroatoms. The highest BCUT2D eigenvalue weighted by molar-refractivity contribution is 6.03. The van der Waals surface area contributed by atoms with Gasteiger partial charge in [0.25, 0.3) is 5.91 Å². The van der Waals surface area contributed by atoms with Crippen LogP contribution in [-0.4, -0.2) is 37.6 Å². The molecule has 0 saturated heterocycles. The Morgan fingerprint density at radius 2 is 2.04 bits per heavy atom. The van der Waals surface area contributed by atoms with Gasteiger partial charge >= 0.3 is 0 Å². The molecule has 1 heterocycles. The molecule has 1 unspecified atom stereocenters. The number of benzene rings is 2. The minimum absolute atomic E-state index is 0.0255. The van der Waals surface area contributed by atoms with Crippen LogP contribution in [0.1, 0.15) is 18.9 Å². The molecule has 0 saturated carbocycles. The average Bonchev–Trinajstić information content (AvgIpc) is 2.65. The lowest BCUT2D eigenvalue weighted by Gasteiger charge is -2.32. The van der Waals surface area contributed by atoms with Crippen LogP contribution in [0.3, 0.4) is 0 Å². The van der Waals surface area contributed by atoms with Gasteiger partial charge in [-0.05, 0) is 50.1 Å². The number of ether oxygens (including phenoxy) is 2. The second-order valence-corrected chi connectivity index (χ2v) is 6.52. The van der Waals surface area contributed by atoms with Crippen molar-refractivity contribution in [3.63, 3.8) is 0 Å². The first-order valence-corrected chi connectivity index (χ1v) is 9.08. The Hall–Kier alpha value is -3.02. The van der Waals surface area contributed by atoms with Crippen molar-refractivity contribution in [2.75, 3.05) is 24.6 Å². The van der Waals surface area contributed by atoms with Crippen LogP contribution in [0.5, 0.6) is 11.5 Å². The van der Waals surface area contributed by atoms with Gasteiger partial charge in [-0.3, -0.25) is 14.5 Å². The number of carbonyl (C=O) groups is 2. The third-order valence-corrected chi connectivity index (χ3v) is 4.28. The van der Waals surface area contributed by atoms with E-state index in [0.717, 1.165) is 11.3 Å². The predicted molar refractivity (Wildman–Crippen MR) is 103 cm³/mol. The molecule has 2 aromatic rings.